The monoisotopic (exact) mass is 311 g/mol. The SMILES string of the molecule is CC(C)Cc1nc([C@@H](N)Cc2cnc[nH]2)n(-c2ccncc2)n1. The zero-order valence-corrected chi connectivity index (χ0v) is 13.3. The fourth-order valence-corrected chi connectivity index (χ4v) is 2.46. The average Bonchev–Trinajstić information content (AvgIpc) is 3.17. The smallest absolute Gasteiger partial charge is 0.151 e. The van der Waals surface area contributed by atoms with Crippen molar-refractivity contribution in [2.75, 3.05) is 0 Å². The molecule has 0 aliphatic heterocycles. The predicted octanol–water partition coefficient (Wildman–Crippen LogP) is 1.83. The standard InChI is InChI=1S/C16H21N7/c1-11(2)7-15-21-16(14(17)8-12-9-19-10-20-12)23(22-15)13-3-5-18-6-4-13/h3-6,9-11,14H,7-8,17H2,1-2H3,(H,19,20)/t14-/m0/s1. The minimum atomic E-state index is -0.267. The average molecular weight is 311 g/mol. The molecular formula is C16H21N7. The van der Waals surface area contributed by atoms with E-state index >= 15 is 0 Å². The van der Waals surface area contributed by atoms with Gasteiger partial charge in [-0.15, -0.1) is 0 Å². The molecule has 0 radical (unpaired) electrons. The van der Waals surface area contributed by atoms with Gasteiger partial charge in [0.05, 0.1) is 18.1 Å². The van der Waals surface area contributed by atoms with Crippen LogP contribution < -0.4 is 5.73 Å². The molecule has 0 aliphatic rings. The number of aromatic amines is 1. The molecule has 0 saturated heterocycles. The Morgan fingerprint density at radius 1 is 1.17 bits per heavy atom. The minimum absolute atomic E-state index is 0.267. The quantitative estimate of drug-likeness (QED) is 0.723. The topological polar surface area (TPSA) is 98.3 Å². The van der Waals surface area contributed by atoms with Crippen LogP contribution >= 0.6 is 0 Å². The van der Waals surface area contributed by atoms with Crippen LogP contribution in [0.1, 0.15) is 37.2 Å². The van der Waals surface area contributed by atoms with E-state index < -0.39 is 0 Å². The molecule has 7 nitrogen and oxygen atoms in total. The second-order valence-electron chi connectivity index (χ2n) is 5.99. The van der Waals surface area contributed by atoms with Gasteiger partial charge in [-0.25, -0.2) is 14.6 Å². The lowest BCUT2D eigenvalue weighted by atomic mass is 10.1. The lowest BCUT2D eigenvalue weighted by Crippen LogP contribution is -2.19. The third-order valence-electron chi connectivity index (χ3n) is 3.50. The highest BCUT2D eigenvalue weighted by atomic mass is 15.4. The summed E-state index contributed by atoms with van der Waals surface area (Å²) < 4.78 is 1.82. The fraction of sp³-hybridized carbons (Fsp3) is 0.375. The van der Waals surface area contributed by atoms with E-state index in [0.29, 0.717) is 12.3 Å². The first kappa shape index (κ1) is 15.4. The Kier molecular flexibility index (Phi) is 4.47. The van der Waals surface area contributed by atoms with Crippen molar-refractivity contribution in [3.05, 3.63) is 54.4 Å². The van der Waals surface area contributed by atoms with Crippen LogP contribution in [0, 0.1) is 5.92 Å². The zero-order chi connectivity index (χ0) is 16.2. The Hall–Kier alpha value is -2.54. The van der Waals surface area contributed by atoms with Crippen LogP contribution in [0.5, 0.6) is 0 Å². The Balaban J connectivity index is 1.94. The number of nitrogens with zero attached hydrogens (tertiary/aromatic N) is 5. The molecule has 1 atom stereocenters. The van der Waals surface area contributed by atoms with Gasteiger partial charge in [0.2, 0.25) is 0 Å². The molecule has 7 heteroatoms. The van der Waals surface area contributed by atoms with E-state index in [4.69, 9.17) is 5.73 Å². The van der Waals surface area contributed by atoms with Gasteiger partial charge in [-0.2, -0.15) is 5.10 Å². The van der Waals surface area contributed by atoms with Crippen molar-refractivity contribution in [1.29, 1.82) is 0 Å². The van der Waals surface area contributed by atoms with Gasteiger partial charge in [-0.05, 0) is 18.1 Å². The van der Waals surface area contributed by atoms with Gasteiger partial charge in [-0.1, -0.05) is 13.8 Å². The number of nitrogens with two attached hydrogens (primary N) is 1. The first-order valence-corrected chi connectivity index (χ1v) is 7.72. The Morgan fingerprint density at radius 2 is 1.96 bits per heavy atom. The van der Waals surface area contributed by atoms with Crippen molar-refractivity contribution in [2.45, 2.75) is 32.7 Å². The molecule has 0 bridgehead atoms. The van der Waals surface area contributed by atoms with Crippen molar-refractivity contribution in [2.24, 2.45) is 11.7 Å². The Labute approximate surface area is 135 Å². The molecule has 3 N–H and O–H groups in total. The van der Waals surface area contributed by atoms with Crippen LogP contribution in [0.2, 0.25) is 0 Å². The second kappa shape index (κ2) is 6.70. The summed E-state index contributed by atoms with van der Waals surface area (Å²) >= 11 is 0. The number of H-pyrrole nitrogens is 1. The molecule has 3 rings (SSSR count). The maximum absolute atomic E-state index is 6.38. The summed E-state index contributed by atoms with van der Waals surface area (Å²) in [5.74, 6) is 2.05. The van der Waals surface area contributed by atoms with Gasteiger partial charge >= 0.3 is 0 Å². The van der Waals surface area contributed by atoms with E-state index in [1.54, 1.807) is 24.9 Å². The van der Waals surface area contributed by atoms with Crippen LogP contribution in [-0.2, 0) is 12.8 Å². The highest BCUT2D eigenvalue weighted by Gasteiger charge is 2.19. The summed E-state index contributed by atoms with van der Waals surface area (Å²) in [6.45, 7) is 4.30. The van der Waals surface area contributed by atoms with E-state index in [1.807, 2.05) is 16.8 Å². The van der Waals surface area contributed by atoms with Crippen molar-refractivity contribution >= 4 is 0 Å². The highest BCUT2D eigenvalue weighted by molar-refractivity contribution is 5.29. The fourth-order valence-electron chi connectivity index (χ4n) is 2.46. The van der Waals surface area contributed by atoms with Crippen LogP contribution in [0.3, 0.4) is 0 Å². The lowest BCUT2D eigenvalue weighted by molar-refractivity contribution is 0.618. The van der Waals surface area contributed by atoms with Gasteiger partial charge in [0, 0.05) is 37.1 Å². The molecule has 0 amide bonds. The molecule has 0 fully saturated rings. The van der Waals surface area contributed by atoms with Crippen molar-refractivity contribution in [3.63, 3.8) is 0 Å². The van der Waals surface area contributed by atoms with Crippen LogP contribution in [-0.4, -0.2) is 29.7 Å². The molecule has 3 heterocycles. The van der Waals surface area contributed by atoms with Gasteiger partial charge in [0.15, 0.2) is 5.82 Å². The first-order chi connectivity index (χ1) is 11.1. The number of hydrogen-bond acceptors (Lipinski definition) is 5. The normalized spacial score (nSPS) is 12.7. The Morgan fingerprint density at radius 3 is 2.61 bits per heavy atom. The predicted molar refractivity (Wildman–Crippen MR) is 86.9 cm³/mol. The molecular weight excluding hydrogens is 290 g/mol. The van der Waals surface area contributed by atoms with E-state index in [9.17, 15) is 0 Å². The number of nitrogens with one attached hydrogen (secondary N) is 1. The molecule has 23 heavy (non-hydrogen) atoms. The molecule has 0 aromatic carbocycles. The summed E-state index contributed by atoms with van der Waals surface area (Å²) in [5.41, 5.74) is 8.28. The van der Waals surface area contributed by atoms with Crippen molar-refractivity contribution < 1.29 is 0 Å². The van der Waals surface area contributed by atoms with Crippen LogP contribution in [0.4, 0.5) is 0 Å². The molecule has 0 spiro atoms. The highest BCUT2D eigenvalue weighted by Crippen LogP contribution is 2.18. The van der Waals surface area contributed by atoms with E-state index in [-0.39, 0.29) is 6.04 Å². The molecule has 3 aromatic rings. The second-order valence-corrected chi connectivity index (χ2v) is 5.99. The molecule has 120 valence electrons. The largest absolute Gasteiger partial charge is 0.348 e. The van der Waals surface area contributed by atoms with Crippen molar-refractivity contribution in [3.8, 4) is 5.69 Å². The molecule has 0 unspecified atom stereocenters. The van der Waals surface area contributed by atoms with Crippen molar-refractivity contribution in [1.82, 2.24) is 29.7 Å². The van der Waals surface area contributed by atoms with Gasteiger partial charge in [0.1, 0.15) is 5.82 Å². The van der Waals surface area contributed by atoms with E-state index in [0.717, 1.165) is 29.5 Å². The maximum atomic E-state index is 6.38. The van der Waals surface area contributed by atoms with E-state index in [1.165, 1.54) is 0 Å². The first-order valence-electron chi connectivity index (χ1n) is 7.72. The van der Waals surface area contributed by atoms with Gasteiger partial charge in [-0.3, -0.25) is 4.98 Å². The molecule has 0 aliphatic carbocycles. The number of hydrogen-bond donors (Lipinski definition) is 2. The maximum Gasteiger partial charge on any atom is 0.151 e. The van der Waals surface area contributed by atoms with Gasteiger partial charge in [0.25, 0.3) is 0 Å². The minimum Gasteiger partial charge on any atom is -0.348 e. The van der Waals surface area contributed by atoms with Gasteiger partial charge < -0.3 is 10.7 Å². The third-order valence-corrected chi connectivity index (χ3v) is 3.50. The van der Waals surface area contributed by atoms with Crippen LogP contribution in [0.25, 0.3) is 5.69 Å². The number of pyridine rings is 1. The summed E-state index contributed by atoms with van der Waals surface area (Å²) in [5, 5.41) is 4.64. The summed E-state index contributed by atoms with van der Waals surface area (Å²) in [7, 11) is 0. The van der Waals surface area contributed by atoms with E-state index in [2.05, 4.69) is 38.9 Å². The third kappa shape index (κ3) is 3.62. The zero-order valence-electron chi connectivity index (χ0n) is 13.3. The summed E-state index contributed by atoms with van der Waals surface area (Å²) in [4.78, 5) is 15.8. The number of aromatic nitrogens is 6. The number of imidazole rings is 1. The molecule has 0 saturated carbocycles. The summed E-state index contributed by atoms with van der Waals surface area (Å²) in [6.07, 6.45) is 8.36. The Bertz CT molecular complexity index is 731. The van der Waals surface area contributed by atoms with Crippen LogP contribution in [0.15, 0.2) is 37.1 Å². The lowest BCUT2D eigenvalue weighted by Gasteiger charge is -2.11. The summed E-state index contributed by atoms with van der Waals surface area (Å²) in [6, 6.07) is 3.54. The molecule has 3 aromatic heterocycles. The number of rotatable bonds is 6.